The molecule has 0 aromatic heterocycles. The molecule has 0 amide bonds. The molecule has 1 aliphatic heterocycles. The van der Waals surface area contributed by atoms with Crippen molar-refractivity contribution in [2.75, 3.05) is 11.5 Å². The van der Waals surface area contributed by atoms with Crippen LogP contribution in [0.15, 0.2) is 0 Å². The average molecular weight is 202 g/mol. The summed E-state index contributed by atoms with van der Waals surface area (Å²) in [7, 11) is -0.106. The molecule has 0 atom stereocenters. The third-order valence-electron chi connectivity index (χ3n) is 1.87. The number of hydrogen-bond donors (Lipinski definition) is 0. The van der Waals surface area contributed by atoms with Crippen LogP contribution in [-0.4, -0.2) is 29.8 Å². The van der Waals surface area contributed by atoms with Crippen molar-refractivity contribution < 1.29 is 9.31 Å². The van der Waals surface area contributed by atoms with Crippen LogP contribution in [0.4, 0.5) is 0 Å². The number of rotatable bonds is 0. The van der Waals surface area contributed by atoms with Crippen molar-refractivity contribution in [2.24, 2.45) is 0 Å². The highest BCUT2D eigenvalue weighted by atomic mass is 32.2. The first-order valence-corrected chi connectivity index (χ1v) is 5.90. The Morgan fingerprint density at radius 3 is 1.77 bits per heavy atom. The number of hydrogen-bond acceptors (Lipinski definition) is 3. The molecule has 1 heterocycles. The van der Waals surface area contributed by atoms with Crippen LogP contribution in [0.2, 0.25) is 6.82 Å². The average Bonchev–Trinajstić information content (AvgIpc) is 1.79. The van der Waals surface area contributed by atoms with Gasteiger partial charge in [-0.1, -0.05) is 0 Å². The molecule has 0 aromatic rings. The maximum Gasteiger partial charge on any atom is 0.454 e. The largest absolute Gasteiger partial charge is 0.454 e. The predicted octanol–water partition coefficient (Wildman–Crippen LogP) is 2.44. The molecule has 4 heteroatoms. The monoisotopic (exact) mass is 202 g/mol. The van der Waals surface area contributed by atoms with Crippen LogP contribution < -0.4 is 0 Å². The molecule has 0 spiro atoms. The van der Waals surface area contributed by atoms with Crippen molar-refractivity contribution in [1.29, 1.82) is 0 Å². The van der Waals surface area contributed by atoms with Gasteiger partial charge in [0.25, 0.3) is 0 Å². The highest BCUT2D eigenvalue weighted by Crippen LogP contribution is 2.27. The second-order valence-electron chi connectivity index (χ2n) is 4.82. The Morgan fingerprint density at radius 2 is 1.38 bits per heavy atom. The summed E-state index contributed by atoms with van der Waals surface area (Å²) in [6, 6.07) is 0. The highest BCUT2D eigenvalue weighted by molar-refractivity contribution is 7.99. The summed E-state index contributed by atoms with van der Waals surface area (Å²) in [6.07, 6.45) is 0. The molecular weight excluding hydrogens is 183 g/mol. The smallest absolute Gasteiger partial charge is 0.405 e. The van der Waals surface area contributed by atoms with Crippen molar-refractivity contribution in [3.8, 4) is 0 Å². The van der Waals surface area contributed by atoms with Crippen LogP contribution in [-0.2, 0) is 9.31 Å². The lowest BCUT2D eigenvalue weighted by Gasteiger charge is -2.36. The lowest BCUT2D eigenvalue weighted by atomic mass is 9.90. The fourth-order valence-corrected chi connectivity index (χ4v) is 2.75. The topological polar surface area (TPSA) is 18.5 Å². The molecule has 0 aromatic carbocycles. The standard InChI is InChI=1S/C9H19BO2S/c1-8(2)6-13-7-9(3,4)12-10(5)11-8/h6-7H2,1-5H3. The van der Waals surface area contributed by atoms with E-state index in [9.17, 15) is 0 Å². The van der Waals surface area contributed by atoms with E-state index < -0.39 is 0 Å². The quantitative estimate of drug-likeness (QED) is 0.562. The van der Waals surface area contributed by atoms with Gasteiger partial charge in [0.15, 0.2) is 0 Å². The van der Waals surface area contributed by atoms with E-state index in [1.165, 1.54) is 0 Å². The summed E-state index contributed by atoms with van der Waals surface area (Å²) in [5.74, 6) is 2.06. The van der Waals surface area contributed by atoms with Crippen molar-refractivity contribution >= 4 is 18.9 Å². The highest BCUT2D eigenvalue weighted by Gasteiger charge is 2.33. The maximum atomic E-state index is 5.77. The molecule has 0 unspecified atom stereocenters. The van der Waals surface area contributed by atoms with E-state index in [1.54, 1.807) is 0 Å². The Labute approximate surface area is 85.9 Å². The van der Waals surface area contributed by atoms with Crippen LogP contribution in [0.1, 0.15) is 27.7 Å². The Hall–Kier alpha value is 0.335. The van der Waals surface area contributed by atoms with Crippen molar-refractivity contribution in [1.82, 2.24) is 0 Å². The molecule has 0 saturated carbocycles. The molecule has 76 valence electrons. The van der Waals surface area contributed by atoms with Gasteiger partial charge in [0.05, 0.1) is 11.2 Å². The summed E-state index contributed by atoms with van der Waals surface area (Å²) in [6.45, 7) is 10.4. The summed E-state index contributed by atoms with van der Waals surface area (Å²) in [5, 5.41) is 0. The van der Waals surface area contributed by atoms with Gasteiger partial charge in [0, 0.05) is 11.5 Å². The van der Waals surface area contributed by atoms with Gasteiger partial charge in [-0.05, 0) is 34.5 Å². The SMILES string of the molecule is CB1OC(C)(C)CSCC(C)(C)O1. The third-order valence-corrected chi connectivity index (χ3v) is 3.67. The van der Waals surface area contributed by atoms with Crippen molar-refractivity contribution in [2.45, 2.75) is 45.7 Å². The second-order valence-corrected chi connectivity index (χ2v) is 5.80. The normalized spacial score (nSPS) is 27.9. The summed E-state index contributed by atoms with van der Waals surface area (Å²) < 4.78 is 11.5. The Balaban J connectivity index is 2.59. The van der Waals surface area contributed by atoms with E-state index in [0.717, 1.165) is 11.5 Å². The van der Waals surface area contributed by atoms with Gasteiger partial charge < -0.3 is 9.31 Å². The van der Waals surface area contributed by atoms with E-state index in [-0.39, 0.29) is 18.3 Å². The molecule has 13 heavy (non-hydrogen) atoms. The fourth-order valence-electron chi connectivity index (χ4n) is 1.53. The van der Waals surface area contributed by atoms with E-state index in [4.69, 9.17) is 9.31 Å². The number of thioether (sulfide) groups is 1. The van der Waals surface area contributed by atoms with E-state index in [2.05, 4.69) is 27.7 Å². The second kappa shape index (κ2) is 3.83. The molecular formula is C9H19BO2S. The first-order chi connectivity index (χ1) is 5.81. The molecule has 0 bridgehead atoms. The maximum absolute atomic E-state index is 5.77. The Bertz CT molecular complexity index is 164. The summed E-state index contributed by atoms with van der Waals surface area (Å²) in [5.41, 5.74) is -0.138. The minimum absolute atomic E-state index is 0.0689. The van der Waals surface area contributed by atoms with Crippen LogP contribution in [0.25, 0.3) is 0 Å². The van der Waals surface area contributed by atoms with Gasteiger partial charge in [0.2, 0.25) is 0 Å². The fraction of sp³-hybridized carbons (Fsp3) is 1.00. The van der Waals surface area contributed by atoms with Crippen LogP contribution in [0, 0.1) is 0 Å². The van der Waals surface area contributed by atoms with Crippen molar-refractivity contribution in [3.63, 3.8) is 0 Å². The minimum atomic E-state index is -0.106. The molecule has 1 rings (SSSR count). The lowest BCUT2D eigenvalue weighted by Crippen LogP contribution is -2.44. The molecule has 1 fully saturated rings. The van der Waals surface area contributed by atoms with Gasteiger partial charge in [-0.15, -0.1) is 0 Å². The minimum Gasteiger partial charge on any atom is -0.405 e. The van der Waals surface area contributed by atoms with Gasteiger partial charge >= 0.3 is 7.12 Å². The Kier molecular flexibility index (Phi) is 3.36. The third kappa shape index (κ3) is 3.92. The molecule has 0 N–H and O–H groups in total. The molecule has 2 nitrogen and oxygen atoms in total. The van der Waals surface area contributed by atoms with E-state index in [1.807, 2.05) is 18.6 Å². The summed E-state index contributed by atoms with van der Waals surface area (Å²) >= 11 is 1.89. The van der Waals surface area contributed by atoms with Gasteiger partial charge in [-0.2, -0.15) is 11.8 Å². The zero-order valence-corrected chi connectivity index (χ0v) is 10.0. The first kappa shape index (κ1) is 11.4. The summed E-state index contributed by atoms with van der Waals surface area (Å²) in [4.78, 5) is 0. The predicted molar refractivity (Wildman–Crippen MR) is 59.3 cm³/mol. The lowest BCUT2D eigenvalue weighted by molar-refractivity contribution is 0.0365. The zero-order chi connectivity index (χ0) is 10.1. The molecule has 1 aliphatic rings. The molecule has 0 aliphatic carbocycles. The van der Waals surface area contributed by atoms with Crippen LogP contribution in [0.3, 0.4) is 0 Å². The van der Waals surface area contributed by atoms with Gasteiger partial charge in [-0.25, -0.2) is 0 Å². The first-order valence-electron chi connectivity index (χ1n) is 4.74. The van der Waals surface area contributed by atoms with E-state index in [0.29, 0.717) is 0 Å². The van der Waals surface area contributed by atoms with Gasteiger partial charge in [-0.3, -0.25) is 0 Å². The van der Waals surface area contributed by atoms with Crippen LogP contribution in [0.5, 0.6) is 0 Å². The van der Waals surface area contributed by atoms with Gasteiger partial charge in [0.1, 0.15) is 0 Å². The van der Waals surface area contributed by atoms with Crippen molar-refractivity contribution in [3.05, 3.63) is 0 Å². The molecule has 1 saturated heterocycles. The zero-order valence-electron chi connectivity index (χ0n) is 9.22. The van der Waals surface area contributed by atoms with Crippen LogP contribution >= 0.6 is 11.8 Å². The van der Waals surface area contributed by atoms with E-state index >= 15 is 0 Å². The Morgan fingerprint density at radius 1 is 1.00 bits per heavy atom. The molecule has 0 radical (unpaired) electrons.